The molecule has 0 aromatic heterocycles. The fourth-order valence-electron chi connectivity index (χ4n) is 1.88. The molecule has 1 aliphatic rings. The molecule has 1 fully saturated rings. The highest BCUT2D eigenvalue weighted by molar-refractivity contribution is 5.75. The number of carbonyl (C=O) groups excluding carboxylic acids is 1. The lowest BCUT2D eigenvalue weighted by Gasteiger charge is -2.31. The van der Waals surface area contributed by atoms with Crippen molar-refractivity contribution in [1.82, 2.24) is 5.32 Å². The Kier molecular flexibility index (Phi) is 3.27. The van der Waals surface area contributed by atoms with Gasteiger partial charge in [-0.25, -0.2) is 0 Å². The van der Waals surface area contributed by atoms with Gasteiger partial charge in [-0.2, -0.15) is 0 Å². The van der Waals surface area contributed by atoms with Crippen molar-refractivity contribution < 1.29 is 9.53 Å². The number of rotatable bonds is 6. The smallest absolute Gasteiger partial charge is 0.219 e. The third-order valence-corrected chi connectivity index (χ3v) is 2.75. The molecule has 1 atom stereocenters. The molecule has 3 N–H and O–H groups in total. The molecule has 1 amide bonds. The van der Waals surface area contributed by atoms with Crippen molar-refractivity contribution in [1.29, 1.82) is 0 Å². The lowest BCUT2D eigenvalue weighted by Crippen LogP contribution is -2.51. The van der Waals surface area contributed by atoms with Crippen LogP contribution in [0, 0.1) is 5.92 Å². The van der Waals surface area contributed by atoms with Gasteiger partial charge in [0, 0.05) is 13.5 Å². The topological polar surface area (TPSA) is 64.3 Å². The first-order valence-corrected chi connectivity index (χ1v) is 4.61. The van der Waals surface area contributed by atoms with Crippen LogP contribution >= 0.6 is 0 Å². The van der Waals surface area contributed by atoms with Crippen LogP contribution in [0.5, 0.6) is 0 Å². The van der Waals surface area contributed by atoms with Crippen LogP contribution in [0.25, 0.3) is 0 Å². The van der Waals surface area contributed by atoms with E-state index in [0.717, 1.165) is 12.8 Å². The molecule has 0 aliphatic heterocycles. The largest absolute Gasteiger partial charge is 0.383 e. The number of methoxy groups -OCH3 is 1. The maximum atomic E-state index is 10.9. The van der Waals surface area contributed by atoms with Gasteiger partial charge in [-0.05, 0) is 25.8 Å². The number of ether oxygens (including phenoxy) is 1. The van der Waals surface area contributed by atoms with Crippen LogP contribution in [0.1, 0.15) is 19.3 Å². The van der Waals surface area contributed by atoms with E-state index in [4.69, 9.17) is 10.5 Å². The highest BCUT2D eigenvalue weighted by atomic mass is 16.5. The molecule has 4 heteroatoms. The molecule has 13 heavy (non-hydrogen) atoms. The van der Waals surface area contributed by atoms with Gasteiger partial charge in [0.1, 0.15) is 0 Å². The molecule has 1 rings (SSSR count). The first-order chi connectivity index (χ1) is 6.14. The second-order valence-electron chi connectivity index (χ2n) is 3.76. The summed E-state index contributed by atoms with van der Waals surface area (Å²) in [5.41, 5.74) is 4.99. The summed E-state index contributed by atoms with van der Waals surface area (Å²) in [6.45, 7) is 0.553. The fraction of sp³-hybridized carbons (Fsp3) is 0.889. The lowest BCUT2D eigenvalue weighted by atomic mass is 9.90. The Morgan fingerprint density at radius 1 is 1.69 bits per heavy atom. The minimum atomic E-state index is -0.265. The van der Waals surface area contributed by atoms with E-state index in [1.807, 2.05) is 7.05 Å². The Morgan fingerprint density at radius 2 is 2.31 bits per heavy atom. The van der Waals surface area contributed by atoms with E-state index in [-0.39, 0.29) is 11.4 Å². The molecule has 0 bridgehead atoms. The maximum absolute atomic E-state index is 10.9. The van der Waals surface area contributed by atoms with Crippen molar-refractivity contribution in [3.05, 3.63) is 0 Å². The van der Waals surface area contributed by atoms with Gasteiger partial charge in [-0.15, -0.1) is 0 Å². The minimum Gasteiger partial charge on any atom is -0.383 e. The van der Waals surface area contributed by atoms with Crippen molar-refractivity contribution in [3.63, 3.8) is 0 Å². The molecule has 0 aromatic rings. The van der Waals surface area contributed by atoms with Crippen molar-refractivity contribution in [2.45, 2.75) is 24.8 Å². The number of amides is 1. The molecule has 0 saturated heterocycles. The minimum absolute atomic E-state index is 0.222. The maximum Gasteiger partial charge on any atom is 0.219 e. The first-order valence-electron chi connectivity index (χ1n) is 4.61. The van der Waals surface area contributed by atoms with E-state index < -0.39 is 0 Å². The SMILES string of the molecule is CNC(COC)(CC(N)=O)C1CC1. The molecule has 1 saturated carbocycles. The van der Waals surface area contributed by atoms with Crippen LogP contribution in [0.4, 0.5) is 0 Å². The van der Waals surface area contributed by atoms with E-state index in [0.29, 0.717) is 18.9 Å². The molecule has 0 aromatic carbocycles. The lowest BCUT2D eigenvalue weighted by molar-refractivity contribution is -0.120. The number of hydrogen-bond acceptors (Lipinski definition) is 3. The van der Waals surface area contributed by atoms with Crippen LogP contribution in [0.15, 0.2) is 0 Å². The molecule has 0 radical (unpaired) electrons. The molecule has 1 unspecified atom stereocenters. The van der Waals surface area contributed by atoms with Gasteiger partial charge in [-0.3, -0.25) is 4.79 Å². The van der Waals surface area contributed by atoms with E-state index in [9.17, 15) is 4.79 Å². The van der Waals surface area contributed by atoms with Gasteiger partial charge in [0.2, 0.25) is 5.91 Å². The molecule has 4 nitrogen and oxygen atoms in total. The van der Waals surface area contributed by atoms with Gasteiger partial charge in [-0.1, -0.05) is 0 Å². The number of primary amides is 1. The number of nitrogens with two attached hydrogens (primary N) is 1. The van der Waals surface area contributed by atoms with Crippen LogP contribution in [0.3, 0.4) is 0 Å². The number of carbonyl (C=O) groups is 1. The number of nitrogens with one attached hydrogen (secondary N) is 1. The summed E-state index contributed by atoms with van der Waals surface area (Å²) < 4.78 is 5.13. The van der Waals surface area contributed by atoms with Gasteiger partial charge in [0.05, 0.1) is 12.1 Å². The normalized spacial score (nSPS) is 21.1. The van der Waals surface area contributed by atoms with Crippen molar-refractivity contribution in [3.8, 4) is 0 Å². The zero-order valence-corrected chi connectivity index (χ0v) is 8.30. The summed E-state index contributed by atoms with van der Waals surface area (Å²) in [6, 6.07) is 0. The van der Waals surface area contributed by atoms with Crippen molar-refractivity contribution in [2.75, 3.05) is 20.8 Å². The quantitative estimate of drug-likeness (QED) is 0.607. The van der Waals surface area contributed by atoms with Crippen LogP contribution in [-0.4, -0.2) is 32.2 Å². The Morgan fingerprint density at radius 3 is 2.62 bits per heavy atom. The average Bonchev–Trinajstić information content (AvgIpc) is 2.85. The zero-order valence-electron chi connectivity index (χ0n) is 8.30. The van der Waals surface area contributed by atoms with Crippen molar-refractivity contribution >= 4 is 5.91 Å². The predicted molar refractivity (Wildman–Crippen MR) is 50.2 cm³/mol. The third-order valence-electron chi connectivity index (χ3n) is 2.75. The van der Waals surface area contributed by atoms with E-state index >= 15 is 0 Å². The molecular weight excluding hydrogens is 168 g/mol. The predicted octanol–water partition coefficient (Wildman–Crippen LogP) is -0.124. The van der Waals surface area contributed by atoms with E-state index in [1.54, 1.807) is 7.11 Å². The highest BCUT2D eigenvalue weighted by Gasteiger charge is 2.45. The van der Waals surface area contributed by atoms with E-state index in [1.165, 1.54) is 0 Å². The summed E-state index contributed by atoms with van der Waals surface area (Å²) in [5, 5.41) is 3.18. The monoisotopic (exact) mass is 186 g/mol. The molecular formula is C9H18N2O2. The second-order valence-corrected chi connectivity index (χ2v) is 3.76. The number of hydrogen-bond donors (Lipinski definition) is 2. The summed E-state index contributed by atoms with van der Waals surface area (Å²) in [7, 11) is 3.51. The van der Waals surface area contributed by atoms with Gasteiger partial charge in [0.15, 0.2) is 0 Å². The summed E-state index contributed by atoms with van der Waals surface area (Å²) >= 11 is 0. The van der Waals surface area contributed by atoms with E-state index in [2.05, 4.69) is 5.32 Å². The second kappa shape index (κ2) is 4.07. The molecule has 0 heterocycles. The van der Waals surface area contributed by atoms with Gasteiger partial charge >= 0.3 is 0 Å². The third kappa shape index (κ3) is 2.42. The Balaban J connectivity index is 2.62. The van der Waals surface area contributed by atoms with Crippen LogP contribution in [-0.2, 0) is 9.53 Å². The molecule has 76 valence electrons. The fourth-order valence-corrected chi connectivity index (χ4v) is 1.88. The van der Waals surface area contributed by atoms with Gasteiger partial charge in [0.25, 0.3) is 0 Å². The summed E-state index contributed by atoms with van der Waals surface area (Å²) in [6.07, 6.45) is 2.69. The van der Waals surface area contributed by atoms with Crippen LogP contribution in [0.2, 0.25) is 0 Å². The Bertz CT molecular complexity index is 192. The average molecular weight is 186 g/mol. The van der Waals surface area contributed by atoms with Crippen molar-refractivity contribution in [2.24, 2.45) is 11.7 Å². The van der Waals surface area contributed by atoms with Gasteiger partial charge < -0.3 is 15.8 Å². The first kappa shape index (κ1) is 10.5. The molecule has 0 spiro atoms. The summed E-state index contributed by atoms with van der Waals surface area (Å²) in [5.74, 6) is 0.281. The van der Waals surface area contributed by atoms with Crippen LogP contribution < -0.4 is 11.1 Å². The number of likely N-dealkylation sites (N-methyl/N-ethyl adjacent to an activating group) is 1. The molecule has 1 aliphatic carbocycles. The standard InChI is InChI=1S/C9H18N2O2/c1-11-9(6-13-2,5-8(10)12)7-3-4-7/h7,11H,3-6H2,1-2H3,(H2,10,12). The Hall–Kier alpha value is -0.610. The zero-order chi connectivity index (χ0) is 9.90. The highest BCUT2D eigenvalue weighted by Crippen LogP contribution is 2.41. The Labute approximate surface area is 78.8 Å². The summed E-state index contributed by atoms with van der Waals surface area (Å²) in [4.78, 5) is 10.9.